The van der Waals surface area contributed by atoms with Gasteiger partial charge in [0.05, 0.1) is 17.0 Å². The summed E-state index contributed by atoms with van der Waals surface area (Å²) in [6.45, 7) is 3.44. The molecule has 0 aliphatic carbocycles. The smallest absolute Gasteiger partial charge is 0.175 e. The van der Waals surface area contributed by atoms with E-state index in [9.17, 15) is 13.5 Å². The molecule has 6 heteroatoms. The monoisotopic (exact) mass is 300 g/mol. The lowest BCUT2D eigenvalue weighted by molar-refractivity contribution is 0.172. The number of hydrogen-bond donors (Lipinski definition) is 2. The van der Waals surface area contributed by atoms with Crippen molar-refractivity contribution >= 4 is 9.84 Å². The normalized spacial score (nSPS) is 15.3. The van der Waals surface area contributed by atoms with Crippen LogP contribution in [0.4, 0.5) is 0 Å². The van der Waals surface area contributed by atoms with Crippen LogP contribution >= 0.6 is 0 Å². The van der Waals surface area contributed by atoms with Gasteiger partial charge in [0.2, 0.25) is 0 Å². The number of nitrogens with zero attached hydrogens (tertiary/aromatic N) is 1. The summed E-state index contributed by atoms with van der Waals surface area (Å²) in [5, 5.41) is 12.9. The molecule has 0 spiro atoms. The van der Waals surface area contributed by atoms with E-state index in [0.29, 0.717) is 0 Å². The lowest BCUT2D eigenvalue weighted by Crippen LogP contribution is -2.45. The van der Waals surface area contributed by atoms with Gasteiger partial charge < -0.3 is 15.3 Å². The zero-order chi connectivity index (χ0) is 15.4. The maximum Gasteiger partial charge on any atom is 0.175 e. The predicted molar refractivity (Wildman–Crippen MR) is 80.5 cm³/mol. The maximum absolute atomic E-state index is 11.4. The molecule has 20 heavy (non-hydrogen) atoms. The molecule has 0 aliphatic rings. The number of benzene rings is 1. The fourth-order valence-corrected chi connectivity index (χ4v) is 2.51. The highest BCUT2D eigenvalue weighted by molar-refractivity contribution is 7.90. The van der Waals surface area contributed by atoms with E-state index in [1.807, 2.05) is 21.0 Å². The Morgan fingerprint density at radius 1 is 1.25 bits per heavy atom. The van der Waals surface area contributed by atoms with E-state index in [1.54, 1.807) is 24.3 Å². The summed E-state index contributed by atoms with van der Waals surface area (Å²) in [4.78, 5) is 2.34. The number of aliphatic hydroxyl groups excluding tert-OH is 1. The highest BCUT2D eigenvalue weighted by Gasteiger charge is 2.25. The number of aliphatic hydroxyl groups is 1. The van der Waals surface area contributed by atoms with Crippen molar-refractivity contribution in [1.29, 1.82) is 0 Å². The maximum atomic E-state index is 11.4. The van der Waals surface area contributed by atoms with E-state index in [2.05, 4.69) is 10.2 Å². The lowest BCUT2D eigenvalue weighted by atomic mass is 9.93. The molecular weight excluding hydrogens is 276 g/mol. The summed E-state index contributed by atoms with van der Waals surface area (Å²) in [5.74, 6) is 0. The summed E-state index contributed by atoms with van der Waals surface area (Å²) in [7, 11) is 0.780. The average molecular weight is 300 g/mol. The molecule has 0 amide bonds. The highest BCUT2D eigenvalue weighted by atomic mass is 32.2. The summed E-state index contributed by atoms with van der Waals surface area (Å²) in [5.41, 5.74) is 0.289. The fraction of sp³-hybridized carbons (Fsp3) is 0.571. The van der Waals surface area contributed by atoms with Crippen molar-refractivity contribution in [3.05, 3.63) is 29.8 Å². The lowest BCUT2D eigenvalue weighted by Gasteiger charge is -2.30. The van der Waals surface area contributed by atoms with Gasteiger partial charge in [0.15, 0.2) is 9.84 Å². The standard InChI is InChI=1S/C14H24N2O3S/c1-14(11-17,15-9-10-16(2)3)12-5-7-13(8-6-12)20(4,18)19/h5-8,15,17H,9-11H2,1-4H3. The minimum Gasteiger partial charge on any atom is -0.394 e. The molecule has 1 atom stereocenters. The molecule has 0 fully saturated rings. The first-order chi connectivity index (χ1) is 9.19. The quantitative estimate of drug-likeness (QED) is 0.765. The zero-order valence-electron chi connectivity index (χ0n) is 12.5. The van der Waals surface area contributed by atoms with E-state index < -0.39 is 15.4 Å². The first-order valence-corrected chi connectivity index (χ1v) is 8.39. The number of hydrogen-bond acceptors (Lipinski definition) is 5. The van der Waals surface area contributed by atoms with Crippen LogP contribution in [0.2, 0.25) is 0 Å². The molecule has 0 saturated heterocycles. The van der Waals surface area contributed by atoms with Crippen LogP contribution in [0.3, 0.4) is 0 Å². The molecule has 1 rings (SSSR count). The van der Waals surface area contributed by atoms with Crippen LogP contribution in [0.1, 0.15) is 12.5 Å². The summed E-state index contributed by atoms with van der Waals surface area (Å²) in [6, 6.07) is 6.64. The third-order valence-corrected chi connectivity index (χ3v) is 4.44. The molecule has 0 heterocycles. The average Bonchev–Trinajstić information content (AvgIpc) is 2.37. The topological polar surface area (TPSA) is 69.6 Å². The molecule has 0 saturated carbocycles. The SMILES string of the molecule is CN(C)CCNC(C)(CO)c1ccc(S(C)(=O)=O)cc1. The van der Waals surface area contributed by atoms with Gasteiger partial charge in [-0.2, -0.15) is 0 Å². The second-order valence-electron chi connectivity index (χ2n) is 5.52. The number of rotatable bonds is 7. The molecule has 1 aromatic carbocycles. The fourth-order valence-electron chi connectivity index (χ4n) is 1.87. The largest absolute Gasteiger partial charge is 0.394 e. The van der Waals surface area contributed by atoms with Crippen molar-refractivity contribution in [3.8, 4) is 0 Å². The third kappa shape index (κ3) is 4.56. The Bertz CT molecular complexity index is 526. The second kappa shape index (κ2) is 6.67. The zero-order valence-corrected chi connectivity index (χ0v) is 13.4. The molecule has 0 radical (unpaired) electrons. The molecule has 2 N–H and O–H groups in total. The van der Waals surface area contributed by atoms with Crippen LogP contribution < -0.4 is 5.32 Å². The van der Waals surface area contributed by atoms with E-state index >= 15 is 0 Å². The number of nitrogens with one attached hydrogen (secondary N) is 1. The molecule has 1 aromatic rings. The summed E-state index contributed by atoms with van der Waals surface area (Å²) < 4.78 is 22.9. The Balaban J connectivity index is 2.89. The van der Waals surface area contributed by atoms with E-state index in [4.69, 9.17) is 0 Å². The van der Waals surface area contributed by atoms with Gasteiger partial charge in [-0.3, -0.25) is 0 Å². The van der Waals surface area contributed by atoms with Gasteiger partial charge in [0.25, 0.3) is 0 Å². The molecule has 5 nitrogen and oxygen atoms in total. The first kappa shape index (κ1) is 17.1. The minimum absolute atomic E-state index is 0.0569. The molecule has 114 valence electrons. The van der Waals surface area contributed by atoms with Crippen molar-refractivity contribution < 1.29 is 13.5 Å². The summed E-state index contributed by atoms with van der Waals surface area (Å²) >= 11 is 0. The van der Waals surface area contributed by atoms with Crippen molar-refractivity contribution in [2.45, 2.75) is 17.4 Å². The van der Waals surface area contributed by atoms with Gasteiger partial charge in [-0.05, 0) is 38.7 Å². The van der Waals surface area contributed by atoms with E-state index in [-0.39, 0.29) is 11.5 Å². The van der Waals surface area contributed by atoms with Crippen LogP contribution in [-0.2, 0) is 15.4 Å². The van der Waals surface area contributed by atoms with E-state index in [1.165, 1.54) is 6.26 Å². The van der Waals surface area contributed by atoms with Gasteiger partial charge >= 0.3 is 0 Å². The number of sulfone groups is 1. The van der Waals surface area contributed by atoms with Crippen LogP contribution in [0.5, 0.6) is 0 Å². The van der Waals surface area contributed by atoms with Crippen molar-refractivity contribution in [1.82, 2.24) is 10.2 Å². The molecule has 0 aromatic heterocycles. The molecule has 1 unspecified atom stereocenters. The second-order valence-corrected chi connectivity index (χ2v) is 7.53. The van der Waals surface area contributed by atoms with E-state index in [0.717, 1.165) is 18.7 Å². The Morgan fingerprint density at radius 2 is 1.80 bits per heavy atom. The summed E-state index contributed by atoms with van der Waals surface area (Å²) in [6.07, 6.45) is 1.18. The van der Waals surface area contributed by atoms with Gasteiger partial charge in [0, 0.05) is 19.3 Å². The van der Waals surface area contributed by atoms with Gasteiger partial charge in [-0.15, -0.1) is 0 Å². The van der Waals surface area contributed by atoms with Crippen molar-refractivity contribution in [2.75, 3.05) is 40.0 Å². The van der Waals surface area contributed by atoms with Crippen molar-refractivity contribution in [2.24, 2.45) is 0 Å². The highest BCUT2D eigenvalue weighted by Crippen LogP contribution is 2.21. The third-order valence-electron chi connectivity index (χ3n) is 3.31. The van der Waals surface area contributed by atoms with Crippen LogP contribution in [0.15, 0.2) is 29.2 Å². The molecular formula is C14H24N2O3S. The Labute approximate surface area is 121 Å². The van der Waals surface area contributed by atoms with Gasteiger partial charge in [0.1, 0.15) is 0 Å². The van der Waals surface area contributed by atoms with Gasteiger partial charge in [-0.1, -0.05) is 12.1 Å². The van der Waals surface area contributed by atoms with Crippen LogP contribution in [-0.4, -0.2) is 58.5 Å². The minimum atomic E-state index is -3.19. The van der Waals surface area contributed by atoms with Gasteiger partial charge in [-0.25, -0.2) is 8.42 Å². The number of likely N-dealkylation sites (N-methyl/N-ethyl adjacent to an activating group) is 1. The Hall–Kier alpha value is -0.950. The van der Waals surface area contributed by atoms with Crippen LogP contribution in [0, 0.1) is 0 Å². The predicted octanol–water partition coefficient (Wildman–Crippen LogP) is 0.449. The Morgan fingerprint density at radius 3 is 2.20 bits per heavy atom. The first-order valence-electron chi connectivity index (χ1n) is 6.50. The Kier molecular flexibility index (Phi) is 5.70. The van der Waals surface area contributed by atoms with Crippen LogP contribution in [0.25, 0.3) is 0 Å². The molecule has 0 bridgehead atoms. The molecule has 0 aliphatic heterocycles. The van der Waals surface area contributed by atoms with Crippen molar-refractivity contribution in [3.63, 3.8) is 0 Å².